The van der Waals surface area contributed by atoms with Crippen molar-refractivity contribution in [2.24, 2.45) is 11.8 Å². The van der Waals surface area contributed by atoms with Crippen molar-refractivity contribution in [3.8, 4) is 0 Å². The minimum absolute atomic E-state index is 0.0438. The molecule has 2 rings (SSSR count). The molecule has 3 heteroatoms. The van der Waals surface area contributed by atoms with Gasteiger partial charge < -0.3 is 5.32 Å². The summed E-state index contributed by atoms with van der Waals surface area (Å²) in [5, 5.41) is 2.87. The summed E-state index contributed by atoms with van der Waals surface area (Å²) in [4.78, 5) is 24.2. The average Bonchev–Trinajstić information content (AvgIpc) is 2.36. The summed E-state index contributed by atoms with van der Waals surface area (Å²) in [6, 6.07) is 5.55. The second-order valence-electron chi connectivity index (χ2n) is 4.96. The first-order valence-corrected chi connectivity index (χ1v) is 5.94. The molecule has 3 nitrogen and oxygen atoms in total. The van der Waals surface area contributed by atoms with Gasteiger partial charge in [0.1, 0.15) is 0 Å². The van der Waals surface area contributed by atoms with E-state index in [4.69, 9.17) is 0 Å². The zero-order valence-corrected chi connectivity index (χ0v) is 10.4. The number of hydrogen-bond donors (Lipinski definition) is 1. The van der Waals surface area contributed by atoms with Gasteiger partial charge in [-0.2, -0.15) is 0 Å². The van der Waals surface area contributed by atoms with E-state index in [1.165, 1.54) is 0 Å². The Balaban J connectivity index is 2.47. The van der Waals surface area contributed by atoms with Crippen LogP contribution in [0.5, 0.6) is 0 Å². The summed E-state index contributed by atoms with van der Waals surface area (Å²) in [5.74, 6) is -0.0317. The number of ketones is 1. The minimum Gasteiger partial charge on any atom is -0.325 e. The van der Waals surface area contributed by atoms with Crippen LogP contribution in [-0.2, 0) is 4.79 Å². The fourth-order valence-electron chi connectivity index (χ4n) is 2.30. The molecule has 1 aliphatic rings. The van der Waals surface area contributed by atoms with E-state index in [0.29, 0.717) is 17.7 Å². The highest BCUT2D eigenvalue weighted by molar-refractivity contribution is 6.10. The van der Waals surface area contributed by atoms with E-state index in [2.05, 4.69) is 5.32 Å². The molecule has 1 amide bonds. The largest absolute Gasteiger partial charge is 0.325 e. The van der Waals surface area contributed by atoms with Crippen LogP contribution in [0.25, 0.3) is 0 Å². The van der Waals surface area contributed by atoms with Gasteiger partial charge in [0.25, 0.3) is 0 Å². The number of hydrogen-bond acceptors (Lipinski definition) is 2. The molecule has 1 N–H and O–H groups in total. The van der Waals surface area contributed by atoms with E-state index in [1.807, 2.05) is 32.9 Å². The van der Waals surface area contributed by atoms with Gasteiger partial charge in [-0.3, -0.25) is 9.59 Å². The number of benzene rings is 1. The monoisotopic (exact) mass is 231 g/mol. The van der Waals surface area contributed by atoms with Crippen molar-refractivity contribution < 1.29 is 9.59 Å². The summed E-state index contributed by atoms with van der Waals surface area (Å²) in [5.41, 5.74) is 2.25. The van der Waals surface area contributed by atoms with Crippen LogP contribution in [0.3, 0.4) is 0 Å². The third-order valence-electron chi connectivity index (χ3n) is 3.36. The fraction of sp³-hybridized carbons (Fsp3) is 0.429. The molecule has 0 saturated carbocycles. The highest BCUT2D eigenvalue weighted by Gasteiger charge is 2.31. The summed E-state index contributed by atoms with van der Waals surface area (Å²) in [6.45, 7) is 5.85. The van der Waals surface area contributed by atoms with E-state index >= 15 is 0 Å². The van der Waals surface area contributed by atoms with E-state index in [0.717, 1.165) is 5.56 Å². The van der Waals surface area contributed by atoms with Gasteiger partial charge >= 0.3 is 0 Å². The summed E-state index contributed by atoms with van der Waals surface area (Å²) in [6.07, 6.45) is 0.307. The maximum Gasteiger partial charge on any atom is 0.228 e. The third kappa shape index (κ3) is 2.09. The van der Waals surface area contributed by atoms with E-state index in [9.17, 15) is 9.59 Å². The Morgan fingerprint density at radius 3 is 2.65 bits per heavy atom. The number of amides is 1. The molecule has 1 aromatic rings. The SMILES string of the molecule is Cc1cccc2c1C(=O)C[C@@H](C(C)C)C(=O)N2. The van der Waals surface area contributed by atoms with E-state index in [-0.39, 0.29) is 23.5 Å². The molecule has 90 valence electrons. The van der Waals surface area contributed by atoms with Crippen molar-refractivity contribution in [2.75, 3.05) is 5.32 Å². The molecular formula is C14H17NO2. The summed E-state index contributed by atoms with van der Waals surface area (Å²) >= 11 is 0. The van der Waals surface area contributed by atoms with Gasteiger partial charge in [0.05, 0.1) is 5.69 Å². The van der Waals surface area contributed by atoms with Crippen LogP contribution < -0.4 is 5.32 Å². The van der Waals surface area contributed by atoms with Crippen LogP contribution in [0.15, 0.2) is 18.2 Å². The van der Waals surface area contributed by atoms with Gasteiger partial charge in [-0.1, -0.05) is 26.0 Å². The smallest absolute Gasteiger partial charge is 0.228 e. The van der Waals surface area contributed by atoms with Gasteiger partial charge in [-0.25, -0.2) is 0 Å². The molecule has 0 aromatic heterocycles. The third-order valence-corrected chi connectivity index (χ3v) is 3.36. The van der Waals surface area contributed by atoms with E-state index < -0.39 is 0 Å². The second-order valence-corrected chi connectivity index (χ2v) is 4.96. The maximum absolute atomic E-state index is 12.2. The standard InChI is InChI=1S/C14H17NO2/c1-8(2)10-7-12(16)13-9(3)5-4-6-11(13)15-14(10)17/h4-6,8,10H,7H2,1-3H3,(H,15,17)/t10-/m0/s1. The maximum atomic E-state index is 12.2. The Labute approximate surface area is 101 Å². The number of nitrogens with one attached hydrogen (secondary N) is 1. The van der Waals surface area contributed by atoms with Gasteiger partial charge in [0, 0.05) is 17.9 Å². The van der Waals surface area contributed by atoms with Crippen molar-refractivity contribution in [1.82, 2.24) is 0 Å². The van der Waals surface area contributed by atoms with Crippen molar-refractivity contribution in [3.05, 3.63) is 29.3 Å². The van der Waals surface area contributed by atoms with Crippen LogP contribution in [0, 0.1) is 18.8 Å². The lowest BCUT2D eigenvalue weighted by molar-refractivity contribution is -0.121. The normalized spacial score (nSPS) is 19.9. The van der Waals surface area contributed by atoms with Crippen LogP contribution in [0.1, 0.15) is 36.2 Å². The van der Waals surface area contributed by atoms with Crippen molar-refractivity contribution in [3.63, 3.8) is 0 Å². The molecule has 1 atom stereocenters. The number of fused-ring (bicyclic) bond motifs is 1. The zero-order valence-electron chi connectivity index (χ0n) is 10.4. The lowest BCUT2D eigenvalue weighted by atomic mass is 9.89. The predicted molar refractivity (Wildman–Crippen MR) is 67.1 cm³/mol. The van der Waals surface area contributed by atoms with Crippen LogP contribution in [0.4, 0.5) is 5.69 Å². The van der Waals surface area contributed by atoms with Gasteiger partial charge in [-0.05, 0) is 24.5 Å². The topological polar surface area (TPSA) is 46.2 Å². The molecule has 0 radical (unpaired) electrons. The molecule has 0 saturated heterocycles. The molecule has 0 unspecified atom stereocenters. The molecule has 17 heavy (non-hydrogen) atoms. The van der Waals surface area contributed by atoms with E-state index in [1.54, 1.807) is 6.07 Å². The van der Waals surface area contributed by atoms with Gasteiger partial charge in [0.2, 0.25) is 5.91 Å². The first-order chi connectivity index (χ1) is 8.00. The lowest BCUT2D eigenvalue weighted by Gasteiger charge is -2.15. The Hall–Kier alpha value is -1.64. The lowest BCUT2D eigenvalue weighted by Crippen LogP contribution is -2.26. The number of anilines is 1. The van der Waals surface area contributed by atoms with Crippen molar-refractivity contribution >= 4 is 17.4 Å². The van der Waals surface area contributed by atoms with Crippen molar-refractivity contribution in [1.29, 1.82) is 0 Å². The minimum atomic E-state index is -0.228. The molecule has 0 fully saturated rings. The number of Topliss-reactive ketones (excluding diaryl/α,β-unsaturated/α-hetero) is 1. The number of carbonyl (C=O) groups excluding carboxylic acids is 2. The Morgan fingerprint density at radius 1 is 1.29 bits per heavy atom. The predicted octanol–water partition coefficient (Wildman–Crippen LogP) is 2.79. The molecular weight excluding hydrogens is 214 g/mol. The highest BCUT2D eigenvalue weighted by Crippen LogP contribution is 2.29. The number of carbonyl (C=O) groups is 2. The first-order valence-electron chi connectivity index (χ1n) is 5.94. The molecule has 0 aliphatic carbocycles. The summed E-state index contributed by atoms with van der Waals surface area (Å²) in [7, 11) is 0. The number of aryl methyl sites for hydroxylation is 1. The molecule has 0 spiro atoms. The second kappa shape index (κ2) is 4.32. The zero-order chi connectivity index (χ0) is 12.6. The summed E-state index contributed by atoms with van der Waals surface area (Å²) < 4.78 is 0. The van der Waals surface area contributed by atoms with Gasteiger partial charge in [0.15, 0.2) is 5.78 Å². The van der Waals surface area contributed by atoms with Crippen molar-refractivity contribution in [2.45, 2.75) is 27.2 Å². The molecule has 1 aliphatic heterocycles. The van der Waals surface area contributed by atoms with Crippen LogP contribution in [0.2, 0.25) is 0 Å². The van der Waals surface area contributed by atoms with Crippen LogP contribution >= 0.6 is 0 Å². The van der Waals surface area contributed by atoms with Gasteiger partial charge in [-0.15, -0.1) is 0 Å². The molecule has 1 heterocycles. The molecule has 1 aromatic carbocycles. The average molecular weight is 231 g/mol. The Kier molecular flexibility index (Phi) is 3.01. The van der Waals surface area contributed by atoms with Crippen LogP contribution in [-0.4, -0.2) is 11.7 Å². The quantitative estimate of drug-likeness (QED) is 0.807. The first kappa shape index (κ1) is 11.8. The highest BCUT2D eigenvalue weighted by atomic mass is 16.2. The number of rotatable bonds is 1. The molecule has 0 bridgehead atoms. The fourth-order valence-corrected chi connectivity index (χ4v) is 2.30. The Bertz CT molecular complexity index is 477. The Morgan fingerprint density at radius 2 is 2.00 bits per heavy atom.